The molecule has 0 spiro atoms. The summed E-state index contributed by atoms with van der Waals surface area (Å²) in [5.74, 6) is 0.0947. The number of nitrogens with one attached hydrogen (secondary N) is 3. The van der Waals surface area contributed by atoms with Gasteiger partial charge in [0.1, 0.15) is 11.4 Å². The molecule has 0 aliphatic heterocycles. The van der Waals surface area contributed by atoms with Crippen molar-refractivity contribution in [1.29, 1.82) is 0 Å². The first-order valence-corrected chi connectivity index (χ1v) is 4.70. The van der Waals surface area contributed by atoms with Crippen LogP contribution in [-0.2, 0) is 9.59 Å². The van der Waals surface area contributed by atoms with Gasteiger partial charge in [-0.25, -0.2) is 0 Å². The molecule has 0 amide bonds. The molecule has 3 N–H and O–H groups in total. The molecule has 1 saturated carbocycles. The Labute approximate surface area is 83.6 Å². The van der Waals surface area contributed by atoms with Crippen molar-refractivity contribution < 1.29 is 9.59 Å². The van der Waals surface area contributed by atoms with Crippen LogP contribution in [0, 0.1) is 0 Å². The second kappa shape index (κ2) is 4.16. The zero-order valence-electron chi connectivity index (χ0n) is 8.81. The number of carbonyl (C=O) groups excluding carboxylic acids is 2. The van der Waals surface area contributed by atoms with Gasteiger partial charge in [-0.2, -0.15) is 0 Å². The van der Waals surface area contributed by atoms with Crippen LogP contribution in [0.3, 0.4) is 0 Å². The molecule has 0 aromatic heterocycles. The van der Waals surface area contributed by atoms with Crippen LogP contribution in [0.25, 0.3) is 0 Å². The highest BCUT2D eigenvalue weighted by Crippen LogP contribution is 2.19. The van der Waals surface area contributed by atoms with E-state index in [0.717, 1.165) is 0 Å². The first-order valence-electron chi connectivity index (χ1n) is 4.70. The number of likely N-dealkylation sites (N-methyl/N-ethyl adjacent to an activating group) is 3. The van der Waals surface area contributed by atoms with Gasteiger partial charge in [-0.1, -0.05) is 0 Å². The van der Waals surface area contributed by atoms with Crippen molar-refractivity contribution in [3.8, 4) is 0 Å². The lowest BCUT2D eigenvalue weighted by Gasteiger charge is -2.37. The fourth-order valence-electron chi connectivity index (χ4n) is 1.85. The van der Waals surface area contributed by atoms with Crippen LogP contribution in [-0.4, -0.2) is 44.4 Å². The number of hydrogen-bond acceptors (Lipinski definition) is 5. The Kier molecular flexibility index (Phi) is 3.36. The minimum absolute atomic E-state index is 0.00426. The maximum Gasteiger partial charge on any atom is 0.185 e. The minimum atomic E-state index is -0.886. The van der Waals surface area contributed by atoms with Crippen LogP contribution >= 0.6 is 0 Å². The first-order chi connectivity index (χ1) is 6.59. The number of Topliss-reactive ketones (excluding diaryl/α,β-unsaturated/α-hetero) is 2. The van der Waals surface area contributed by atoms with Gasteiger partial charge in [0.05, 0.1) is 6.04 Å². The maximum absolute atomic E-state index is 11.9. The van der Waals surface area contributed by atoms with Gasteiger partial charge in [-0.05, 0) is 21.1 Å². The Bertz CT molecular complexity index is 248. The average Bonchev–Trinajstić information content (AvgIpc) is 2.21. The fourth-order valence-corrected chi connectivity index (χ4v) is 1.85. The van der Waals surface area contributed by atoms with Crippen molar-refractivity contribution in [2.24, 2.45) is 0 Å². The molecule has 5 nitrogen and oxygen atoms in total. The molecule has 80 valence electrons. The van der Waals surface area contributed by atoms with Crippen molar-refractivity contribution >= 4 is 11.6 Å². The average molecular weight is 199 g/mol. The summed E-state index contributed by atoms with van der Waals surface area (Å²) in [6, 6.07) is -0.379. The molecular formula is C9H17N3O2. The molecular weight excluding hydrogens is 182 g/mol. The maximum atomic E-state index is 11.9. The molecule has 1 fully saturated rings. The predicted molar refractivity (Wildman–Crippen MR) is 52.9 cm³/mol. The van der Waals surface area contributed by atoms with Crippen molar-refractivity contribution in [3.05, 3.63) is 0 Å². The number of ketones is 2. The third kappa shape index (κ3) is 1.70. The number of hydrogen-bond donors (Lipinski definition) is 3. The molecule has 0 radical (unpaired) electrons. The topological polar surface area (TPSA) is 70.2 Å². The molecule has 0 aromatic rings. The van der Waals surface area contributed by atoms with Crippen LogP contribution in [0.4, 0.5) is 0 Å². The van der Waals surface area contributed by atoms with E-state index in [4.69, 9.17) is 0 Å². The largest absolute Gasteiger partial charge is 0.310 e. The Morgan fingerprint density at radius 2 is 1.79 bits per heavy atom. The third-order valence-electron chi connectivity index (χ3n) is 2.83. The lowest BCUT2D eigenvalue weighted by atomic mass is 9.83. The number of rotatable bonds is 3. The zero-order chi connectivity index (χ0) is 10.8. The number of carbonyl (C=O) groups is 2. The van der Waals surface area contributed by atoms with Crippen molar-refractivity contribution in [3.63, 3.8) is 0 Å². The van der Waals surface area contributed by atoms with Gasteiger partial charge >= 0.3 is 0 Å². The van der Waals surface area contributed by atoms with E-state index in [-0.39, 0.29) is 24.0 Å². The van der Waals surface area contributed by atoms with Gasteiger partial charge < -0.3 is 5.32 Å². The summed E-state index contributed by atoms with van der Waals surface area (Å²) in [6.45, 7) is 0. The molecule has 0 saturated heterocycles. The van der Waals surface area contributed by atoms with E-state index < -0.39 is 5.66 Å². The highest BCUT2D eigenvalue weighted by atomic mass is 16.1. The van der Waals surface area contributed by atoms with Gasteiger partial charge in [0.25, 0.3) is 0 Å². The first kappa shape index (κ1) is 11.3. The van der Waals surface area contributed by atoms with E-state index >= 15 is 0 Å². The Morgan fingerprint density at radius 3 is 2.21 bits per heavy atom. The third-order valence-corrected chi connectivity index (χ3v) is 2.83. The summed E-state index contributed by atoms with van der Waals surface area (Å²) in [5, 5.41) is 8.64. The summed E-state index contributed by atoms with van der Waals surface area (Å²) in [5.41, 5.74) is -0.886. The Morgan fingerprint density at radius 1 is 1.21 bits per heavy atom. The van der Waals surface area contributed by atoms with Crippen LogP contribution < -0.4 is 16.0 Å². The molecule has 0 bridgehead atoms. The van der Waals surface area contributed by atoms with E-state index in [1.54, 1.807) is 21.1 Å². The van der Waals surface area contributed by atoms with Crippen LogP contribution in [0.1, 0.15) is 12.8 Å². The second-order valence-electron chi connectivity index (χ2n) is 3.53. The molecule has 0 unspecified atom stereocenters. The standard InChI is InChI=1S/C9H17N3O2/c1-10-7-4-6(13)5-9(11-2,12-3)8(7)14/h7,10-12H,4-5H2,1-3H3/t7-/m1/s1. The van der Waals surface area contributed by atoms with Gasteiger partial charge in [-0.3, -0.25) is 20.2 Å². The molecule has 0 heterocycles. The molecule has 5 heteroatoms. The van der Waals surface area contributed by atoms with E-state index in [9.17, 15) is 9.59 Å². The normalized spacial score (nSPS) is 26.6. The van der Waals surface area contributed by atoms with E-state index in [0.29, 0.717) is 6.42 Å². The Hall–Kier alpha value is -0.780. The van der Waals surface area contributed by atoms with Gasteiger partial charge in [0, 0.05) is 12.8 Å². The smallest absolute Gasteiger partial charge is 0.185 e. The highest BCUT2D eigenvalue weighted by Gasteiger charge is 2.45. The molecule has 14 heavy (non-hydrogen) atoms. The van der Waals surface area contributed by atoms with Crippen molar-refractivity contribution in [2.75, 3.05) is 21.1 Å². The Balaban J connectivity index is 2.94. The van der Waals surface area contributed by atoms with E-state index in [1.807, 2.05) is 0 Å². The quantitative estimate of drug-likeness (QED) is 0.490. The molecule has 1 aliphatic carbocycles. The van der Waals surface area contributed by atoms with E-state index in [1.165, 1.54) is 0 Å². The molecule has 0 aromatic carbocycles. The van der Waals surface area contributed by atoms with Crippen molar-refractivity contribution in [1.82, 2.24) is 16.0 Å². The van der Waals surface area contributed by atoms with Crippen LogP contribution in [0.2, 0.25) is 0 Å². The summed E-state index contributed by atoms with van der Waals surface area (Å²) < 4.78 is 0. The minimum Gasteiger partial charge on any atom is -0.310 e. The summed E-state index contributed by atoms with van der Waals surface area (Å²) in [6.07, 6.45) is 0.511. The molecule has 1 rings (SSSR count). The van der Waals surface area contributed by atoms with E-state index in [2.05, 4.69) is 16.0 Å². The molecule has 1 atom stereocenters. The SMILES string of the molecule is CN[C@@H]1CC(=O)CC(NC)(NC)C1=O. The van der Waals surface area contributed by atoms with Gasteiger partial charge in [-0.15, -0.1) is 0 Å². The lowest BCUT2D eigenvalue weighted by molar-refractivity contribution is -0.138. The van der Waals surface area contributed by atoms with Crippen molar-refractivity contribution in [2.45, 2.75) is 24.5 Å². The molecule has 1 aliphatic rings. The van der Waals surface area contributed by atoms with Gasteiger partial charge in [0.15, 0.2) is 5.78 Å². The summed E-state index contributed by atoms with van der Waals surface area (Å²) in [7, 11) is 5.05. The van der Waals surface area contributed by atoms with Crippen LogP contribution in [0.15, 0.2) is 0 Å². The van der Waals surface area contributed by atoms with Crippen LogP contribution in [0.5, 0.6) is 0 Å². The summed E-state index contributed by atoms with van der Waals surface area (Å²) >= 11 is 0. The predicted octanol–water partition coefficient (Wildman–Crippen LogP) is -1.36. The van der Waals surface area contributed by atoms with Gasteiger partial charge in [0.2, 0.25) is 0 Å². The highest BCUT2D eigenvalue weighted by molar-refractivity contribution is 6.03. The zero-order valence-corrected chi connectivity index (χ0v) is 8.81. The summed E-state index contributed by atoms with van der Waals surface area (Å²) in [4.78, 5) is 23.4. The fraction of sp³-hybridized carbons (Fsp3) is 0.778. The monoisotopic (exact) mass is 199 g/mol. The second-order valence-corrected chi connectivity index (χ2v) is 3.53. The lowest BCUT2D eigenvalue weighted by Crippen LogP contribution is -2.68.